The zero-order valence-electron chi connectivity index (χ0n) is 10.7. The van der Waals surface area contributed by atoms with E-state index in [9.17, 15) is 0 Å². The van der Waals surface area contributed by atoms with Crippen molar-refractivity contribution < 1.29 is 0 Å². The molecule has 1 aromatic carbocycles. The van der Waals surface area contributed by atoms with Gasteiger partial charge in [-0.25, -0.2) is 0 Å². The first kappa shape index (κ1) is 13.2. The zero-order valence-corrected chi connectivity index (χ0v) is 10.7. The largest absolute Gasteiger partial charge is 0.330 e. The van der Waals surface area contributed by atoms with Crippen molar-refractivity contribution in [3.05, 3.63) is 35.9 Å². The monoisotopic (exact) mass is 220 g/mol. The summed E-state index contributed by atoms with van der Waals surface area (Å²) in [6.07, 6.45) is 0. The Balaban J connectivity index is 2.44. The minimum atomic E-state index is 0.591. The molecule has 1 aromatic rings. The molecule has 0 saturated carbocycles. The van der Waals surface area contributed by atoms with E-state index in [1.807, 2.05) is 0 Å². The molecule has 0 amide bonds. The molecule has 2 N–H and O–H groups in total. The second-order valence-corrected chi connectivity index (χ2v) is 4.92. The zero-order chi connectivity index (χ0) is 12.0. The summed E-state index contributed by atoms with van der Waals surface area (Å²) in [6, 6.07) is 10.6. The highest BCUT2D eigenvalue weighted by atomic mass is 15.1. The van der Waals surface area contributed by atoms with Gasteiger partial charge >= 0.3 is 0 Å². The van der Waals surface area contributed by atoms with E-state index in [-0.39, 0.29) is 0 Å². The maximum absolute atomic E-state index is 5.79. The molecule has 0 aromatic heterocycles. The molecular formula is C14H24N2. The molecule has 0 radical (unpaired) electrons. The molecule has 16 heavy (non-hydrogen) atoms. The standard InChI is InChI=1S/C14H24N2/c1-12(2)14(9-15)11-16(3)10-13-7-5-4-6-8-13/h4-8,12,14H,9-11,15H2,1-3H3. The van der Waals surface area contributed by atoms with Gasteiger partial charge in [0, 0.05) is 13.1 Å². The normalized spacial score (nSPS) is 13.4. The maximum atomic E-state index is 5.79. The van der Waals surface area contributed by atoms with Gasteiger partial charge in [0.05, 0.1) is 0 Å². The fraction of sp³-hybridized carbons (Fsp3) is 0.571. The van der Waals surface area contributed by atoms with Crippen LogP contribution in [0.5, 0.6) is 0 Å². The van der Waals surface area contributed by atoms with Gasteiger partial charge in [0.25, 0.3) is 0 Å². The Kier molecular flexibility index (Phi) is 5.50. The van der Waals surface area contributed by atoms with E-state index in [2.05, 4.69) is 56.1 Å². The lowest BCUT2D eigenvalue weighted by Gasteiger charge is -2.25. The van der Waals surface area contributed by atoms with Crippen molar-refractivity contribution in [3.63, 3.8) is 0 Å². The highest BCUT2D eigenvalue weighted by Gasteiger charge is 2.13. The molecule has 0 bridgehead atoms. The summed E-state index contributed by atoms with van der Waals surface area (Å²) < 4.78 is 0. The summed E-state index contributed by atoms with van der Waals surface area (Å²) in [5.74, 6) is 1.25. The third kappa shape index (κ3) is 4.33. The Morgan fingerprint density at radius 2 is 1.81 bits per heavy atom. The summed E-state index contributed by atoms with van der Waals surface area (Å²) in [7, 11) is 2.16. The van der Waals surface area contributed by atoms with E-state index in [0.717, 1.165) is 19.6 Å². The number of hydrogen-bond donors (Lipinski definition) is 1. The minimum Gasteiger partial charge on any atom is -0.330 e. The van der Waals surface area contributed by atoms with Gasteiger partial charge in [0.1, 0.15) is 0 Å². The van der Waals surface area contributed by atoms with Crippen molar-refractivity contribution in [2.75, 3.05) is 20.1 Å². The van der Waals surface area contributed by atoms with Crippen molar-refractivity contribution in [1.29, 1.82) is 0 Å². The predicted molar refractivity (Wildman–Crippen MR) is 70.2 cm³/mol. The van der Waals surface area contributed by atoms with E-state index >= 15 is 0 Å². The summed E-state index contributed by atoms with van der Waals surface area (Å²) >= 11 is 0. The Labute approximate surface area is 99.5 Å². The van der Waals surface area contributed by atoms with Crippen LogP contribution in [0.15, 0.2) is 30.3 Å². The average Bonchev–Trinajstić information content (AvgIpc) is 2.27. The first-order valence-corrected chi connectivity index (χ1v) is 6.06. The van der Waals surface area contributed by atoms with Crippen molar-refractivity contribution in [2.45, 2.75) is 20.4 Å². The molecule has 0 aliphatic heterocycles. The highest BCUT2D eigenvalue weighted by Crippen LogP contribution is 2.12. The van der Waals surface area contributed by atoms with Crippen LogP contribution in [0.1, 0.15) is 19.4 Å². The SMILES string of the molecule is CC(C)C(CN)CN(C)Cc1ccccc1. The van der Waals surface area contributed by atoms with Crippen molar-refractivity contribution in [2.24, 2.45) is 17.6 Å². The fourth-order valence-electron chi connectivity index (χ4n) is 1.92. The van der Waals surface area contributed by atoms with Crippen LogP contribution >= 0.6 is 0 Å². The summed E-state index contributed by atoms with van der Waals surface area (Å²) in [4.78, 5) is 2.35. The number of nitrogens with two attached hydrogens (primary N) is 1. The second-order valence-electron chi connectivity index (χ2n) is 4.92. The van der Waals surface area contributed by atoms with Gasteiger partial charge in [-0.05, 0) is 31.0 Å². The van der Waals surface area contributed by atoms with Crippen molar-refractivity contribution in [3.8, 4) is 0 Å². The molecule has 0 spiro atoms. The first-order valence-electron chi connectivity index (χ1n) is 6.06. The Morgan fingerprint density at radius 3 is 2.31 bits per heavy atom. The summed E-state index contributed by atoms with van der Waals surface area (Å²) in [5.41, 5.74) is 7.15. The summed E-state index contributed by atoms with van der Waals surface area (Å²) in [5, 5.41) is 0. The van der Waals surface area contributed by atoms with Crippen LogP contribution in [0.25, 0.3) is 0 Å². The van der Waals surface area contributed by atoms with Crippen LogP contribution < -0.4 is 5.73 Å². The van der Waals surface area contributed by atoms with E-state index in [1.165, 1.54) is 5.56 Å². The molecule has 2 nitrogen and oxygen atoms in total. The van der Waals surface area contributed by atoms with E-state index in [4.69, 9.17) is 5.73 Å². The third-order valence-corrected chi connectivity index (χ3v) is 3.09. The average molecular weight is 220 g/mol. The molecule has 2 heteroatoms. The molecule has 0 heterocycles. The van der Waals surface area contributed by atoms with Gasteiger partial charge in [-0.1, -0.05) is 44.2 Å². The Bertz CT molecular complexity index is 282. The molecule has 1 unspecified atom stereocenters. The lowest BCUT2D eigenvalue weighted by molar-refractivity contribution is 0.234. The fourth-order valence-corrected chi connectivity index (χ4v) is 1.92. The topological polar surface area (TPSA) is 29.3 Å². The van der Waals surface area contributed by atoms with Crippen LogP contribution in [-0.2, 0) is 6.54 Å². The van der Waals surface area contributed by atoms with Crippen LogP contribution in [0, 0.1) is 11.8 Å². The molecule has 0 aliphatic carbocycles. The van der Waals surface area contributed by atoms with Crippen LogP contribution in [0.4, 0.5) is 0 Å². The molecule has 0 fully saturated rings. The number of hydrogen-bond acceptors (Lipinski definition) is 2. The molecule has 90 valence electrons. The molecule has 0 aliphatic rings. The molecule has 1 atom stereocenters. The Morgan fingerprint density at radius 1 is 1.19 bits per heavy atom. The Hall–Kier alpha value is -0.860. The molecule has 1 rings (SSSR count). The lowest BCUT2D eigenvalue weighted by Crippen LogP contribution is -2.32. The quantitative estimate of drug-likeness (QED) is 0.797. The lowest BCUT2D eigenvalue weighted by atomic mass is 9.95. The van der Waals surface area contributed by atoms with Gasteiger partial charge in [-0.3, -0.25) is 0 Å². The first-order chi connectivity index (χ1) is 7.63. The molecular weight excluding hydrogens is 196 g/mol. The number of benzene rings is 1. The smallest absolute Gasteiger partial charge is 0.0230 e. The van der Waals surface area contributed by atoms with E-state index in [0.29, 0.717) is 11.8 Å². The van der Waals surface area contributed by atoms with Crippen molar-refractivity contribution in [1.82, 2.24) is 4.90 Å². The third-order valence-electron chi connectivity index (χ3n) is 3.09. The maximum Gasteiger partial charge on any atom is 0.0230 e. The minimum absolute atomic E-state index is 0.591. The second kappa shape index (κ2) is 6.66. The van der Waals surface area contributed by atoms with Gasteiger partial charge in [0.2, 0.25) is 0 Å². The highest BCUT2D eigenvalue weighted by molar-refractivity contribution is 5.14. The van der Waals surface area contributed by atoms with E-state index in [1.54, 1.807) is 0 Å². The van der Waals surface area contributed by atoms with Crippen LogP contribution in [0.2, 0.25) is 0 Å². The van der Waals surface area contributed by atoms with Crippen LogP contribution in [-0.4, -0.2) is 25.0 Å². The molecule has 0 saturated heterocycles. The number of rotatable bonds is 6. The van der Waals surface area contributed by atoms with Crippen molar-refractivity contribution >= 4 is 0 Å². The van der Waals surface area contributed by atoms with Gasteiger partial charge in [-0.2, -0.15) is 0 Å². The van der Waals surface area contributed by atoms with Gasteiger partial charge in [0.15, 0.2) is 0 Å². The van der Waals surface area contributed by atoms with Gasteiger partial charge < -0.3 is 10.6 Å². The number of nitrogens with zero attached hydrogens (tertiary/aromatic N) is 1. The van der Waals surface area contributed by atoms with Crippen LogP contribution in [0.3, 0.4) is 0 Å². The predicted octanol–water partition coefficient (Wildman–Crippen LogP) is 2.35. The summed E-state index contributed by atoms with van der Waals surface area (Å²) in [6.45, 7) is 7.34. The van der Waals surface area contributed by atoms with Gasteiger partial charge in [-0.15, -0.1) is 0 Å². The van der Waals surface area contributed by atoms with E-state index < -0.39 is 0 Å².